The summed E-state index contributed by atoms with van der Waals surface area (Å²) in [6, 6.07) is 14.8. The number of carbonyl (C=O) groups excluding carboxylic acids is 1. The number of rotatable bonds is 4. The largest absolute Gasteiger partial charge is 0.371 e. The maximum absolute atomic E-state index is 13.4. The molecule has 3 aliphatic heterocycles. The third-order valence-corrected chi connectivity index (χ3v) is 8.49. The van der Waals surface area contributed by atoms with Crippen LogP contribution in [0.3, 0.4) is 0 Å². The molecule has 3 aliphatic rings. The zero-order valence-electron chi connectivity index (χ0n) is 20.3. The van der Waals surface area contributed by atoms with Gasteiger partial charge in [0.05, 0.1) is 22.0 Å². The Hall–Kier alpha value is -2.57. The first-order valence-corrected chi connectivity index (χ1v) is 13.6. The van der Waals surface area contributed by atoms with Crippen molar-refractivity contribution in [1.29, 1.82) is 0 Å². The summed E-state index contributed by atoms with van der Waals surface area (Å²) >= 11 is 6.59. The molecule has 3 fully saturated rings. The minimum Gasteiger partial charge on any atom is -0.371 e. The van der Waals surface area contributed by atoms with Crippen molar-refractivity contribution in [3.8, 4) is 11.4 Å². The van der Waals surface area contributed by atoms with Crippen LogP contribution in [0.25, 0.3) is 22.4 Å². The van der Waals surface area contributed by atoms with E-state index in [1.165, 1.54) is 25.9 Å². The zero-order chi connectivity index (χ0) is 23.8. The van der Waals surface area contributed by atoms with Gasteiger partial charge in [0.25, 0.3) is 0 Å². The van der Waals surface area contributed by atoms with E-state index in [9.17, 15) is 4.79 Å². The van der Waals surface area contributed by atoms with Gasteiger partial charge in [0.15, 0.2) is 0 Å². The molecule has 0 bridgehead atoms. The number of amides is 1. The van der Waals surface area contributed by atoms with Crippen molar-refractivity contribution >= 4 is 34.2 Å². The van der Waals surface area contributed by atoms with Gasteiger partial charge < -0.3 is 19.7 Å². The third kappa shape index (κ3) is 4.66. The van der Waals surface area contributed by atoms with E-state index in [-0.39, 0.29) is 5.92 Å². The van der Waals surface area contributed by atoms with Crippen LogP contribution < -0.4 is 4.90 Å². The highest BCUT2D eigenvalue weighted by Crippen LogP contribution is 2.34. The molecule has 1 N–H and O–H groups in total. The summed E-state index contributed by atoms with van der Waals surface area (Å²) in [6.45, 7) is 6.04. The summed E-state index contributed by atoms with van der Waals surface area (Å²) in [7, 11) is 0. The molecule has 0 unspecified atom stereocenters. The van der Waals surface area contributed by atoms with Crippen LogP contribution in [0.2, 0.25) is 5.02 Å². The molecule has 3 aromatic rings. The number of anilines is 1. The van der Waals surface area contributed by atoms with E-state index < -0.39 is 0 Å². The van der Waals surface area contributed by atoms with Crippen molar-refractivity contribution in [2.45, 2.75) is 44.6 Å². The lowest BCUT2D eigenvalue weighted by Gasteiger charge is -2.40. The van der Waals surface area contributed by atoms with Gasteiger partial charge in [-0.25, -0.2) is 4.98 Å². The number of imidazole rings is 1. The lowest BCUT2D eigenvalue weighted by molar-refractivity contribution is -0.137. The highest BCUT2D eigenvalue weighted by molar-refractivity contribution is 6.33. The number of benzene rings is 2. The molecule has 3 saturated heterocycles. The quantitative estimate of drug-likeness (QED) is 0.546. The Bertz CT molecular complexity index is 1160. The molecule has 7 heteroatoms. The number of para-hydroxylation sites is 2. The second kappa shape index (κ2) is 9.82. The Morgan fingerprint density at radius 1 is 0.943 bits per heavy atom. The van der Waals surface area contributed by atoms with Crippen LogP contribution in [0.5, 0.6) is 0 Å². The Morgan fingerprint density at radius 2 is 1.74 bits per heavy atom. The summed E-state index contributed by atoms with van der Waals surface area (Å²) in [4.78, 5) is 28.7. The van der Waals surface area contributed by atoms with Crippen molar-refractivity contribution in [1.82, 2.24) is 19.8 Å². The SMILES string of the molecule is O=C([C@H]1CCCN(c2ccc(Cl)c(-c3nc4ccccc4[nH]3)c2)C1)N1CCC(N2CCCC2)CC1. The van der Waals surface area contributed by atoms with Crippen molar-refractivity contribution in [3.05, 3.63) is 47.5 Å². The van der Waals surface area contributed by atoms with Crippen LogP contribution in [0, 0.1) is 5.92 Å². The molecule has 1 amide bonds. The fraction of sp³-hybridized carbons (Fsp3) is 0.500. The maximum Gasteiger partial charge on any atom is 0.227 e. The van der Waals surface area contributed by atoms with Gasteiger partial charge in [-0.2, -0.15) is 0 Å². The fourth-order valence-electron chi connectivity index (χ4n) is 6.20. The predicted octanol–water partition coefficient (Wildman–Crippen LogP) is 5.19. The summed E-state index contributed by atoms with van der Waals surface area (Å²) in [5.41, 5.74) is 3.94. The average Bonchev–Trinajstić information content (AvgIpc) is 3.59. The van der Waals surface area contributed by atoms with Gasteiger partial charge in [0.1, 0.15) is 5.82 Å². The van der Waals surface area contributed by atoms with Crippen LogP contribution in [0.15, 0.2) is 42.5 Å². The number of likely N-dealkylation sites (tertiary alicyclic amines) is 2. The van der Waals surface area contributed by atoms with Crippen LogP contribution in [0.4, 0.5) is 5.69 Å². The highest BCUT2D eigenvalue weighted by atomic mass is 35.5. The van der Waals surface area contributed by atoms with E-state index >= 15 is 0 Å². The lowest BCUT2D eigenvalue weighted by Crippen LogP contribution is -2.50. The molecule has 6 nitrogen and oxygen atoms in total. The van der Waals surface area contributed by atoms with Gasteiger partial charge >= 0.3 is 0 Å². The van der Waals surface area contributed by atoms with Crippen LogP contribution in [-0.4, -0.2) is 71.0 Å². The van der Waals surface area contributed by atoms with Gasteiger partial charge in [-0.15, -0.1) is 0 Å². The van der Waals surface area contributed by atoms with Crippen molar-refractivity contribution in [2.24, 2.45) is 5.92 Å². The van der Waals surface area contributed by atoms with Crippen LogP contribution in [-0.2, 0) is 4.79 Å². The minimum atomic E-state index is 0.0671. The Morgan fingerprint density at radius 3 is 2.54 bits per heavy atom. The maximum atomic E-state index is 13.4. The van der Waals surface area contributed by atoms with Crippen molar-refractivity contribution < 1.29 is 4.79 Å². The first-order chi connectivity index (χ1) is 17.2. The first-order valence-electron chi connectivity index (χ1n) is 13.2. The van der Waals surface area contributed by atoms with Gasteiger partial charge in [-0.3, -0.25) is 4.79 Å². The standard InChI is InChI=1S/C28H34ClN5O/c29-24-10-9-22(18-23(24)27-30-25-7-1-2-8-26(25)31-27)34-15-5-6-20(19-34)28(35)33-16-11-21(12-17-33)32-13-3-4-14-32/h1-2,7-10,18,20-21H,3-6,11-17,19H2,(H,30,31)/t20-/m0/s1. The summed E-state index contributed by atoms with van der Waals surface area (Å²) in [5.74, 6) is 1.20. The second-order valence-corrected chi connectivity index (χ2v) is 10.8. The molecule has 0 saturated carbocycles. The molecule has 1 aromatic heterocycles. The van der Waals surface area contributed by atoms with Crippen molar-refractivity contribution in [2.75, 3.05) is 44.2 Å². The zero-order valence-corrected chi connectivity index (χ0v) is 21.0. The number of aromatic amines is 1. The number of nitrogens with zero attached hydrogens (tertiary/aromatic N) is 4. The molecule has 0 aliphatic carbocycles. The minimum absolute atomic E-state index is 0.0671. The molecule has 35 heavy (non-hydrogen) atoms. The number of fused-ring (bicyclic) bond motifs is 1. The number of nitrogens with one attached hydrogen (secondary N) is 1. The summed E-state index contributed by atoms with van der Waals surface area (Å²) in [6.07, 6.45) is 6.93. The molecular formula is C28H34ClN5O. The number of halogens is 1. The number of H-pyrrole nitrogens is 1. The monoisotopic (exact) mass is 491 g/mol. The summed E-state index contributed by atoms with van der Waals surface area (Å²) < 4.78 is 0. The molecule has 6 rings (SSSR count). The van der Waals surface area contributed by atoms with E-state index in [4.69, 9.17) is 16.6 Å². The Labute approximate surface area is 212 Å². The van der Waals surface area contributed by atoms with Crippen LogP contribution >= 0.6 is 11.6 Å². The number of carbonyl (C=O) groups is 1. The topological polar surface area (TPSA) is 55.5 Å². The van der Waals surface area contributed by atoms with Crippen LogP contribution in [0.1, 0.15) is 38.5 Å². The number of piperidine rings is 2. The van der Waals surface area contributed by atoms with Gasteiger partial charge in [-0.05, 0) is 81.9 Å². The number of aromatic nitrogens is 2. The van der Waals surface area contributed by atoms with Crippen molar-refractivity contribution in [3.63, 3.8) is 0 Å². The van der Waals surface area contributed by atoms with Gasteiger partial charge in [0, 0.05) is 43.5 Å². The lowest BCUT2D eigenvalue weighted by atomic mass is 9.94. The average molecular weight is 492 g/mol. The van der Waals surface area contributed by atoms with E-state index in [0.717, 1.165) is 80.0 Å². The van der Waals surface area contributed by atoms with Gasteiger partial charge in [0.2, 0.25) is 5.91 Å². The Kier molecular flexibility index (Phi) is 6.42. The van der Waals surface area contributed by atoms with E-state index in [1.807, 2.05) is 30.3 Å². The predicted molar refractivity (Wildman–Crippen MR) is 142 cm³/mol. The molecule has 0 radical (unpaired) electrons. The number of hydrogen-bond acceptors (Lipinski definition) is 4. The second-order valence-electron chi connectivity index (χ2n) is 10.4. The van der Waals surface area contributed by atoms with Gasteiger partial charge in [-0.1, -0.05) is 23.7 Å². The number of hydrogen-bond donors (Lipinski definition) is 1. The molecule has 1 atom stereocenters. The third-order valence-electron chi connectivity index (χ3n) is 8.16. The normalized spacial score (nSPS) is 22.3. The molecular weight excluding hydrogens is 458 g/mol. The molecule has 2 aromatic carbocycles. The van der Waals surface area contributed by atoms with E-state index in [1.54, 1.807) is 0 Å². The molecule has 4 heterocycles. The van der Waals surface area contributed by atoms with E-state index in [2.05, 4.69) is 31.8 Å². The highest BCUT2D eigenvalue weighted by Gasteiger charge is 2.33. The fourth-order valence-corrected chi connectivity index (χ4v) is 6.41. The molecule has 0 spiro atoms. The molecule has 184 valence electrons. The Balaban J connectivity index is 1.14. The summed E-state index contributed by atoms with van der Waals surface area (Å²) in [5, 5.41) is 0.679. The first kappa shape index (κ1) is 22.9. The smallest absolute Gasteiger partial charge is 0.227 e. The van der Waals surface area contributed by atoms with E-state index in [0.29, 0.717) is 17.0 Å².